The number of hydrogen-bond donors (Lipinski definition) is 4. The van der Waals surface area contributed by atoms with Gasteiger partial charge in [-0.15, -0.1) is 0 Å². The molecule has 0 aromatic carbocycles. The fourth-order valence-electron chi connectivity index (χ4n) is 0.663. The van der Waals surface area contributed by atoms with Crippen molar-refractivity contribution in [3.63, 3.8) is 0 Å². The highest BCUT2D eigenvalue weighted by Gasteiger charge is 2.31. The maximum Gasteiger partial charge on any atom is 0.314 e. The summed E-state index contributed by atoms with van der Waals surface area (Å²) in [6, 6.07) is 0. The summed E-state index contributed by atoms with van der Waals surface area (Å²) in [6.07, 6.45) is 0.747. The lowest BCUT2D eigenvalue weighted by atomic mass is 9.91. The van der Waals surface area contributed by atoms with E-state index in [1.54, 1.807) is 0 Å². The monoisotopic (exact) mass is 294 g/mol. The third-order valence-corrected chi connectivity index (χ3v) is 2.98. The number of ether oxygens (including phenoxy) is 1. The topological polar surface area (TPSA) is 124 Å². The van der Waals surface area contributed by atoms with Crippen LogP contribution in [0, 0.1) is 10.8 Å². The van der Waals surface area contributed by atoms with Crippen LogP contribution in [0.4, 0.5) is 0 Å². The molecule has 4 N–H and O–H groups in total. The molecule has 0 spiro atoms. The number of hydrogen-bond acceptors (Lipinski definition) is 6. The normalized spacial score (nSPS) is 11.3. The van der Waals surface area contributed by atoms with Gasteiger partial charge in [-0.2, -0.15) is 0 Å². The van der Waals surface area contributed by atoms with Gasteiger partial charge in [0.25, 0.3) is 0 Å². The first-order valence-corrected chi connectivity index (χ1v) is 6.34. The zero-order chi connectivity index (χ0) is 16.4. The van der Waals surface area contributed by atoms with E-state index in [1.165, 1.54) is 6.92 Å². The third kappa shape index (κ3) is 7.42. The molecule has 0 amide bonds. The fraction of sp³-hybridized carbons (Fsp3) is 0.846. The number of carbonyl (C=O) groups is 2. The summed E-state index contributed by atoms with van der Waals surface area (Å²) in [7, 11) is 0. The average Bonchev–Trinajstić information content (AvgIpc) is 2.43. The highest BCUT2D eigenvalue weighted by atomic mass is 16.5. The van der Waals surface area contributed by atoms with Crippen LogP contribution >= 0.6 is 0 Å². The molecule has 0 aliphatic carbocycles. The summed E-state index contributed by atoms with van der Waals surface area (Å²) in [4.78, 5) is 21.3. The largest absolute Gasteiger partial charge is 0.481 e. The van der Waals surface area contributed by atoms with Gasteiger partial charge in [-0.3, -0.25) is 9.59 Å². The van der Waals surface area contributed by atoms with Gasteiger partial charge in [0.05, 0.1) is 25.2 Å². The standard InChI is InChI=1S/C8H16O3.C5H10O4/c1-4-8(2,3)7(10)11-6-5-9;1-5(2-6,3-7)4(8)9/h9H,4-6H2,1-3H3;6-7H,2-3H2,1H3,(H,8,9). The van der Waals surface area contributed by atoms with Crippen LogP contribution in [0.3, 0.4) is 0 Å². The van der Waals surface area contributed by atoms with Gasteiger partial charge in [-0.1, -0.05) is 6.92 Å². The maximum absolute atomic E-state index is 11.1. The van der Waals surface area contributed by atoms with Crippen molar-refractivity contribution in [1.29, 1.82) is 0 Å². The summed E-state index contributed by atoms with van der Waals surface area (Å²) in [5, 5.41) is 33.5. The van der Waals surface area contributed by atoms with Crippen LogP contribution in [0.1, 0.15) is 34.1 Å². The van der Waals surface area contributed by atoms with Crippen LogP contribution in [-0.4, -0.2) is 58.8 Å². The van der Waals surface area contributed by atoms with E-state index in [1.807, 2.05) is 20.8 Å². The Hall–Kier alpha value is -1.18. The van der Waals surface area contributed by atoms with Gasteiger partial charge in [0, 0.05) is 0 Å². The Bertz CT molecular complexity index is 295. The number of rotatable bonds is 7. The van der Waals surface area contributed by atoms with Crippen molar-refractivity contribution in [2.24, 2.45) is 10.8 Å². The van der Waals surface area contributed by atoms with Crippen LogP contribution in [0.25, 0.3) is 0 Å². The Morgan fingerprint density at radius 2 is 1.50 bits per heavy atom. The first-order chi connectivity index (χ1) is 9.11. The van der Waals surface area contributed by atoms with Gasteiger partial charge >= 0.3 is 11.9 Å². The van der Waals surface area contributed by atoms with Gasteiger partial charge in [-0.05, 0) is 27.2 Å². The Balaban J connectivity index is 0. The molecule has 0 fully saturated rings. The Labute approximate surface area is 119 Å². The summed E-state index contributed by atoms with van der Waals surface area (Å²) >= 11 is 0. The molecule has 20 heavy (non-hydrogen) atoms. The molecule has 0 heterocycles. The molecule has 0 rings (SSSR count). The van der Waals surface area contributed by atoms with Crippen molar-refractivity contribution in [2.45, 2.75) is 34.1 Å². The Morgan fingerprint density at radius 3 is 1.70 bits per heavy atom. The van der Waals surface area contributed by atoms with Crippen molar-refractivity contribution < 1.29 is 34.8 Å². The molecule has 0 aromatic heterocycles. The number of aliphatic carboxylic acids is 1. The molecule has 0 radical (unpaired) electrons. The smallest absolute Gasteiger partial charge is 0.314 e. The Morgan fingerprint density at radius 1 is 1.05 bits per heavy atom. The fourth-order valence-corrected chi connectivity index (χ4v) is 0.663. The zero-order valence-electron chi connectivity index (χ0n) is 12.5. The van der Waals surface area contributed by atoms with Crippen LogP contribution in [0.15, 0.2) is 0 Å². The average molecular weight is 294 g/mol. The zero-order valence-corrected chi connectivity index (χ0v) is 12.5. The van der Waals surface area contributed by atoms with E-state index >= 15 is 0 Å². The minimum Gasteiger partial charge on any atom is -0.481 e. The number of carbonyl (C=O) groups excluding carboxylic acids is 1. The molecule has 0 aromatic rings. The van der Waals surface area contributed by atoms with Crippen molar-refractivity contribution in [3.8, 4) is 0 Å². The van der Waals surface area contributed by atoms with Gasteiger partial charge in [-0.25, -0.2) is 0 Å². The molecule has 0 saturated carbocycles. The second-order valence-corrected chi connectivity index (χ2v) is 5.28. The van der Waals surface area contributed by atoms with Crippen molar-refractivity contribution in [3.05, 3.63) is 0 Å². The highest BCUT2D eigenvalue weighted by molar-refractivity contribution is 5.75. The summed E-state index contributed by atoms with van der Waals surface area (Å²) in [6.45, 7) is 5.76. The van der Waals surface area contributed by atoms with Gasteiger partial charge < -0.3 is 25.2 Å². The summed E-state index contributed by atoms with van der Waals surface area (Å²) in [5.41, 5.74) is -1.81. The quantitative estimate of drug-likeness (QED) is 0.488. The second-order valence-electron chi connectivity index (χ2n) is 5.28. The first-order valence-electron chi connectivity index (χ1n) is 6.34. The van der Waals surface area contributed by atoms with Crippen LogP contribution in [-0.2, 0) is 14.3 Å². The lowest BCUT2D eigenvalue weighted by Gasteiger charge is -2.19. The molecule has 7 nitrogen and oxygen atoms in total. The third-order valence-electron chi connectivity index (χ3n) is 2.98. The number of carboxylic acids is 1. The van der Waals surface area contributed by atoms with E-state index in [0.29, 0.717) is 0 Å². The molecule has 120 valence electrons. The number of aliphatic hydroxyl groups is 3. The van der Waals surface area contributed by atoms with Crippen LogP contribution in [0.2, 0.25) is 0 Å². The van der Waals surface area contributed by atoms with E-state index < -0.39 is 30.0 Å². The molecule has 7 heteroatoms. The predicted molar refractivity (Wildman–Crippen MR) is 72.0 cm³/mol. The Kier molecular flexibility index (Phi) is 10.2. The lowest BCUT2D eigenvalue weighted by molar-refractivity contribution is -0.155. The van der Waals surface area contributed by atoms with E-state index in [2.05, 4.69) is 0 Å². The SMILES string of the molecule is CC(CO)(CO)C(=O)O.CCC(C)(C)C(=O)OCCO. The predicted octanol–water partition coefficient (Wildman–Crippen LogP) is 0.0200. The van der Waals surface area contributed by atoms with Crippen LogP contribution < -0.4 is 0 Å². The lowest BCUT2D eigenvalue weighted by Crippen LogP contribution is -2.35. The maximum atomic E-state index is 11.1. The molecule has 0 unspecified atom stereocenters. The molecule has 0 aliphatic rings. The number of aliphatic hydroxyl groups excluding tert-OH is 3. The van der Waals surface area contributed by atoms with Crippen molar-refractivity contribution in [1.82, 2.24) is 0 Å². The van der Waals surface area contributed by atoms with Crippen LogP contribution in [0.5, 0.6) is 0 Å². The second kappa shape index (κ2) is 9.68. The van der Waals surface area contributed by atoms with Crippen molar-refractivity contribution >= 4 is 11.9 Å². The molecule has 0 saturated heterocycles. The van der Waals surface area contributed by atoms with Gasteiger partial charge in [0.15, 0.2) is 0 Å². The highest BCUT2D eigenvalue weighted by Crippen LogP contribution is 2.21. The summed E-state index contributed by atoms with van der Waals surface area (Å²) in [5.74, 6) is -1.43. The minimum absolute atomic E-state index is 0.0995. The molecule has 0 bridgehead atoms. The molecular formula is C13H26O7. The molecule has 0 aliphatic heterocycles. The van der Waals surface area contributed by atoms with E-state index in [4.69, 9.17) is 25.2 Å². The van der Waals surface area contributed by atoms with Gasteiger partial charge in [0.2, 0.25) is 0 Å². The molecular weight excluding hydrogens is 268 g/mol. The number of esters is 1. The first kappa shape index (κ1) is 21.1. The number of carboxylic acid groups (broad SMARTS) is 1. The summed E-state index contributed by atoms with van der Waals surface area (Å²) < 4.78 is 4.76. The molecule has 0 atom stereocenters. The minimum atomic E-state index is -1.39. The van der Waals surface area contributed by atoms with E-state index in [0.717, 1.165) is 6.42 Å². The van der Waals surface area contributed by atoms with E-state index in [-0.39, 0.29) is 19.2 Å². The van der Waals surface area contributed by atoms with Gasteiger partial charge in [0.1, 0.15) is 12.0 Å². The van der Waals surface area contributed by atoms with E-state index in [9.17, 15) is 9.59 Å². The van der Waals surface area contributed by atoms with Crippen molar-refractivity contribution in [2.75, 3.05) is 26.4 Å².